The monoisotopic (exact) mass is 301 g/mol. The predicted octanol–water partition coefficient (Wildman–Crippen LogP) is 1.85. The van der Waals surface area contributed by atoms with Crippen molar-refractivity contribution in [2.24, 2.45) is 0 Å². The lowest BCUT2D eigenvalue weighted by atomic mass is 9.97. The molecule has 2 rings (SSSR count). The highest BCUT2D eigenvalue weighted by atomic mass is 35.5. The molecular formula is C13H13ClFNO4. The Morgan fingerprint density at radius 2 is 2.30 bits per heavy atom. The van der Waals surface area contributed by atoms with E-state index in [0.717, 1.165) is 0 Å². The second-order valence-corrected chi connectivity index (χ2v) is 4.74. The van der Waals surface area contributed by atoms with Gasteiger partial charge in [-0.3, -0.25) is 4.79 Å². The number of aliphatic carboxylic acids is 1. The van der Waals surface area contributed by atoms with Crippen molar-refractivity contribution in [3.05, 3.63) is 34.6 Å². The number of nitrogens with zero attached hydrogens (tertiary/aromatic N) is 1. The quantitative estimate of drug-likeness (QED) is 0.925. The molecule has 2 atom stereocenters. The second kappa shape index (κ2) is 5.76. The first-order chi connectivity index (χ1) is 9.47. The molecule has 108 valence electrons. The van der Waals surface area contributed by atoms with Crippen molar-refractivity contribution in [3.8, 4) is 0 Å². The van der Waals surface area contributed by atoms with Crippen LogP contribution in [-0.4, -0.2) is 41.1 Å². The normalized spacial score (nSPS) is 22.9. The summed E-state index contributed by atoms with van der Waals surface area (Å²) < 4.78 is 19.2. The zero-order valence-electron chi connectivity index (χ0n) is 10.7. The number of carbonyl (C=O) groups excluding carboxylic acids is 1. The number of likely N-dealkylation sites (N-methyl/N-ethyl adjacent to an activating group) is 1. The minimum Gasteiger partial charge on any atom is -0.479 e. The van der Waals surface area contributed by atoms with E-state index in [1.807, 2.05) is 0 Å². The van der Waals surface area contributed by atoms with Crippen molar-refractivity contribution in [1.82, 2.24) is 4.90 Å². The lowest BCUT2D eigenvalue weighted by molar-refractivity contribution is -0.173. The molecule has 1 saturated heterocycles. The Hall–Kier alpha value is -1.66. The van der Waals surface area contributed by atoms with Gasteiger partial charge < -0.3 is 14.7 Å². The Labute approximate surface area is 119 Å². The van der Waals surface area contributed by atoms with Crippen LogP contribution in [0.4, 0.5) is 4.39 Å². The number of hydrogen-bond donors (Lipinski definition) is 1. The molecule has 5 nitrogen and oxygen atoms in total. The smallest absolute Gasteiger partial charge is 0.335 e. The van der Waals surface area contributed by atoms with E-state index in [2.05, 4.69) is 0 Å². The molecule has 0 spiro atoms. The number of rotatable bonds is 3. The molecule has 0 aromatic heterocycles. The van der Waals surface area contributed by atoms with Crippen molar-refractivity contribution in [1.29, 1.82) is 0 Å². The van der Waals surface area contributed by atoms with Gasteiger partial charge in [0.1, 0.15) is 12.4 Å². The molecule has 7 heteroatoms. The summed E-state index contributed by atoms with van der Waals surface area (Å²) in [6.45, 7) is 1.61. The van der Waals surface area contributed by atoms with E-state index in [0.29, 0.717) is 0 Å². The summed E-state index contributed by atoms with van der Waals surface area (Å²) in [5.74, 6) is -2.36. The first-order valence-electron chi connectivity index (χ1n) is 6.05. The van der Waals surface area contributed by atoms with Crippen LogP contribution in [-0.2, 0) is 14.3 Å². The van der Waals surface area contributed by atoms with Crippen LogP contribution >= 0.6 is 11.6 Å². The van der Waals surface area contributed by atoms with Gasteiger partial charge in [-0.1, -0.05) is 23.7 Å². The SMILES string of the molecule is CCN1C(=O)COC(C(=O)O)C1c1cccc(Cl)c1F. The minimum atomic E-state index is -1.32. The van der Waals surface area contributed by atoms with Crippen LogP contribution < -0.4 is 0 Å². The van der Waals surface area contributed by atoms with E-state index >= 15 is 0 Å². The third kappa shape index (κ3) is 2.48. The molecule has 0 saturated carbocycles. The van der Waals surface area contributed by atoms with Crippen LogP contribution in [0.2, 0.25) is 5.02 Å². The van der Waals surface area contributed by atoms with E-state index < -0.39 is 23.9 Å². The fraction of sp³-hybridized carbons (Fsp3) is 0.385. The summed E-state index contributed by atoms with van der Waals surface area (Å²) in [7, 11) is 0. The van der Waals surface area contributed by atoms with Crippen LogP contribution in [0.5, 0.6) is 0 Å². The molecule has 1 amide bonds. The molecule has 1 aliphatic rings. The van der Waals surface area contributed by atoms with Gasteiger partial charge in [0.25, 0.3) is 0 Å². The maximum absolute atomic E-state index is 14.1. The molecule has 1 aromatic rings. The topological polar surface area (TPSA) is 66.8 Å². The van der Waals surface area contributed by atoms with Crippen LogP contribution in [0.25, 0.3) is 0 Å². The van der Waals surface area contributed by atoms with E-state index in [9.17, 15) is 19.1 Å². The lowest BCUT2D eigenvalue weighted by Crippen LogP contribution is -2.51. The average Bonchev–Trinajstić information content (AvgIpc) is 2.41. The van der Waals surface area contributed by atoms with Crippen LogP contribution in [0.3, 0.4) is 0 Å². The maximum Gasteiger partial charge on any atom is 0.335 e. The molecule has 1 aromatic carbocycles. The summed E-state index contributed by atoms with van der Waals surface area (Å²) >= 11 is 5.72. The number of ether oxygens (including phenoxy) is 1. The molecule has 1 N–H and O–H groups in total. The highest BCUT2D eigenvalue weighted by Gasteiger charge is 2.42. The molecule has 0 bridgehead atoms. The van der Waals surface area contributed by atoms with Gasteiger partial charge in [-0.05, 0) is 13.0 Å². The van der Waals surface area contributed by atoms with Gasteiger partial charge in [-0.25, -0.2) is 9.18 Å². The number of carboxylic acid groups (broad SMARTS) is 1. The van der Waals surface area contributed by atoms with E-state index in [1.165, 1.54) is 23.1 Å². The van der Waals surface area contributed by atoms with Gasteiger partial charge in [0.05, 0.1) is 11.1 Å². The molecular weight excluding hydrogens is 289 g/mol. The van der Waals surface area contributed by atoms with Gasteiger partial charge >= 0.3 is 5.97 Å². The summed E-state index contributed by atoms with van der Waals surface area (Å²) in [5, 5.41) is 9.09. The summed E-state index contributed by atoms with van der Waals surface area (Å²) in [6, 6.07) is 3.24. The molecule has 0 aliphatic carbocycles. The van der Waals surface area contributed by atoms with Gasteiger partial charge in [-0.15, -0.1) is 0 Å². The Balaban J connectivity index is 2.52. The van der Waals surface area contributed by atoms with Crippen molar-refractivity contribution in [3.63, 3.8) is 0 Å². The lowest BCUT2D eigenvalue weighted by Gasteiger charge is -2.39. The Bertz CT molecular complexity index is 549. The fourth-order valence-electron chi connectivity index (χ4n) is 2.31. The summed E-state index contributed by atoms with van der Waals surface area (Å²) in [5.41, 5.74) is 0.0415. The largest absolute Gasteiger partial charge is 0.479 e. The van der Waals surface area contributed by atoms with Crippen LogP contribution in [0.15, 0.2) is 18.2 Å². The van der Waals surface area contributed by atoms with E-state index in [-0.39, 0.29) is 29.6 Å². The van der Waals surface area contributed by atoms with Gasteiger partial charge in [0, 0.05) is 12.1 Å². The molecule has 20 heavy (non-hydrogen) atoms. The maximum atomic E-state index is 14.1. The van der Waals surface area contributed by atoms with Crippen LogP contribution in [0.1, 0.15) is 18.5 Å². The third-order valence-electron chi connectivity index (χ3n) is 3.21. The van der Waals surface area contributed by atoms with Crippen molar-refractivity contribution in [2.75, 3.05) is 13.2 Å². The van der Waals surface area contributed by atoms with Gasteiger partial charge in [-0.2, -0.15) is 0 Å². The van der Waals surface area contributed by atoms with Gasteiger partial charge in [0.15, 0.2) is 6.10 Å². The van der Waals surface area contributed by atoms with E-state index in [1.54, 1.807) is 6.92 Å². The number of amides is 1. The third-order valence-corrected chi connectivity index (χ3v) is 3.51. The van der Waals surface area contributed by atoms with Crippen molar-refractivity contribution in [2.45, 2.75) is 19.1 Å². The minimum absolute atomic E-state index is 0.0415. The summed E-state index contributed by atoms with van der Waals surface area (Å²) in [4.78, 5) is 24.4. The predicted molar refractivity (Wildman–Crippen MR) is 68.9 cm³/mol. The fourth-order valence-corrected chi connectivity index (χ4v) is 2.49. The number of benzene rings is 1. The number of halogens is 2. The number of carbonyl (C=O) groups is 2. The Kier molecular flexibility index (Phi) is 4.25. The standard InChI is InChI=1S/C13H13ClFNO4/c1-2-16-9(17)6-20-12(13(18)19)11(16)7-4-3-5-8(14)10(7)15/h3-5,11-12H,2,6H2,1H3,(H,18,19). The Morgan fingerprint density at radius 1 is 1.60 bits per heavy atom. The number of carboxylic acids is 1. The number of hydrogen-bond acceptors (Lipinski definition) is 3. The first kappa shape index (κ1) is 14.7. The molecule has 2 unspecified atom stereocenters. The first-order valence-corrected chi connectivity index (χ1v) is 6.43. The molecule has 1 fully saturated rings. The average molecular weight is 302 g/mol. The van der Waals surface area contributed by atoms with Gasteiger partial charge in [0.2, 0.25) is 5.91 Å². The highest BCUT2D eigenvalue weighted by Crippen LogP contribution is 2.33. The Morgan fingerprint density at radius 3 is 2.90 bits per heavy atom. The molecule has 1 heterocycles. The zero-order valence-corrected chi connectivity index (χ0v) is 11.4. The van der Waals surface area contributed by atoms with E-state index in [4.69, 9.17) is 16.3 Å². The zero-order chi connectivity index (χ0) is 14.9. The number of morpholine rings is 1. The van der Waals surface area contributed by atoms with Crippen molar-refractivity contribution < 1.29 is 23.8 Å². The molecule has 1 aliphatic heterocycles. The van der Waals surface area contributed by atoms with Crippen LogP contribution in [0, 0.1) is 5.82 Å². The summed E-state index contributed by atoms with van der Waals surface area (Å²) in [6.07, 6.45) is -1.32. The second-order valence-electron chi connectivity index (χ2n) is 4.34. The molecule has 0 radical (unpaired) electrons. The highest BCUT2D eigenvalue weighted by molar-refractivity contribution is 6.30. The van der Waals surface area contributed by atoms with Crippen molar-refractivity contribution >= 4 is 23.5 Å².